The normalized spacial score (nSPS) is 34.2. The predicted molar refractivity (Wildman–Crippen MR) is 59.8 cm³/mol. The molecule has 2 aliphatic rings. The van der Waals surface area contributed by atoms with Crippen molar-refractivity contribution >= 4 is 0 Å². The standard InChI is InChI=1S/C12H23NO2/c14-12-4-2-1-3-11(12)13-9-10-5-7-15-8-6-10/h10-14H,1-9H2/t11-,12+/m1/s1. The van der Waals surface area contributed by atoms with E-state index in [9.17, 15) is 5.11 Å². The van der Waals surface area contributed by atoms with Gasteiger partial charge in [0.05, 0.1) is 6.10 Å². The van der Waals surface area contributed by atoms with E-state index in [0.717, 1.165) is 38.5 Å². The van der Waals surface area contributed by atoms with Gasteiger partial charge in [-0.2, -0.15) is 0 Å². The summed E-state index contributed by atoms with van der Waals surface area (Å²) in [7, 11) is 0. The average Bonchev–Trinajstić information content (AvgIpc) is 2.29. The highest BCUT2D eigenvalue weighted by Crippen LogP contribution is 2.20. The van der Waals surface area contributed by atoms with Crippen LogP contribution in [0.5, 0.6) is 0 Å². The maximum atomic E-state index is 9.81. The summed E-state index contributed by atoms with van der Waals surface area (Å²) in [5, 5.41) is 13.3. The van der Waals surface area contributed by atoms with Gasteiger partial charge in [0.25, 0.3) is 0 Å². The van der Waals surface area contributed by atoms with Crippen LogP contribution in [0.2, 0.25) is 0 Å². The van der Waals surface area contributed by atoms with Gasteiger partial charge in [0, 0.05) is 19.3 Å². The predicted octanol–water partition coefficient (Wildman–Crippen LogP) is 1.31. The second-order valence-electron chi connectivity index (χ2n) is 4.92. The zero-order chi connectivity index (χ0) is 10.5. The summed E-state index contributed by atoms with van der Waals surface area (Å²) >= 11 is 0. The molecule has 2 N–H and O–H groups in total. The van der Waals surface area contributed by atoms with Gasteiger partial charge >= 0.3 is 0 Å². The molecule has 2 atom stereocenters. The SMILES string of the molecule is O[C@H]1CCCC[C@H]1NCC1CCOCC1. The first-order valence-electron chi connectivity index (χ1n) is 6.35. The lowest BCUT2D eigenvalue weighted by atomic mass is 9.91. The summed E-state index contributed by atoms with van der Waals surface area (Å²) in [4.78, 5) is 0. The van der Waals surface area contributed by atoms with E-state index in [1.165, 1.54) is 25.7 Å². The van der Waals surface area contributed by atoms with E-state index < -0.39 is 0 Å². The minimum Gasteiger partial charge on any atom is -0.392 e. The van der Waals surface area contributed by atoms with E-state index in [2.05, 4.69) is 5.32 Å². The van der Waals surface area contributed by atoms with Crippen molar-refractivity contribution in [1.82, 2.24) is 5.32 Å². The van der Waals surface area contributed by atoms with E-state index in [-0.39, 0.29) is 6.10 Å². The molecule has 0 bridgehead atoms. The Balaban J connectivity index is 1.67. The fourth-order valence-electron chi connectivity index (χ4n) is 2.62. The number of ether oxygens (including phenoxy) is 1. The average molecular weight is 213 g/mol. The summed E-state index contributed by atoms with van der Waals surface area (Å²) < 4.78 is 5.34. The first-order valence-corrected chi connectivity index (χ1v) is 6.35. The lowest BCUT2D eigenvalue weighted by molar-refractivity contribution is 0.0561. The first-order chi connectivity index (χ1) is 7.36. The van der Waals surface area contributed by atoms with Crippen molar-refractivity contribution in [1.29, 1.82) is 0 Å². The maximum absolute atomic E-state index is 9.81. The summed E-state index contributed by atoms with van der Waals surface area (Å²) in [5.41, 5.74) is 0. The zero-order valence-corrected chi connectivity index (χ0v) is 9.45. The Hall–Kier alpha value is -0.120. The highest BCUT2D eigenvalue weighted by atomic mass is 16.5. The van der Waals surface area contributed by atoms with Crippen LogP contribution in [0.15, 0.2) is 0 Å². The van der Waals surface area contributed by atoms with E-state index in [1.54, 1.807) is 0 Å². The molecule has 0 aromatic carbocycles. The minimum absolute atomic E-state index is 0.112. The van der Waals surface area contributed by atoms with Gasteiger partial charge in [-0.05, 0) is 38.1 Å². The number of rotatable bonds is 3. The molecule has 1 saturated carbocycles. The molecule has 2 fully saturated rings. The number of aliphatic hydroxyl groups is 1. The van der Waals surface area contributed by atoms with E-state index >= 15 is 0 Å². The summed E-state index contributed by atoms with van der Waals surface area (Å²) in [6, 6.07) is 0.349. The van der Waals surface area contributed by atoms with Crippen LogP contribution in [-0.4, -0.2) is 37.0 Å². The van der Waals surface area contributed by atoms with Crippen LogP contribution in [0.4, 0.5) is 0 Å². The molecule has 2 rings (SSSR count). The third-order valence-electron chi connectivity index (χ3n) is 3.74. The summed E-state index contributed by atoms with van der Waals surface area (Å²) in [6.07, 6.45) is 6.82. The van der Waals surface area contributed by atoms with Gasteiger partial charge in [-0.15, -0.1) is 0 Å². The van der Waals surface area contributed by atoms with Crippen LogP contribution in [0.3, 0.4) is 0 Å². The van der Waals surface area contributed by atoms with Gasteiger partial charge in [-0.1, -0.05) is 12.8 Å². The van der Waals surface area contributed by atoms with Crippen LogP contribution in [0.25, 0.3) is 0 Å². The molecule has 1 heterocycles. The van der Waals surface area contributed by atoms with E-state index in [0.29, 0.717) is 6.04 Å². The molecule has 0 aromatic rings. The van der Waals surface area contributed by atoms with E-state index in [4.69, 9.17) is 4.74 Å². The number of hydrogen-bond donors (Lipinski definition) is 2. The molecule has 0 radical (unpaired) electrons. The minimum atomic E-state index is -0.112. The van der Waals surface area contributed by atoms with Crippen molar-refractivity contribution in [2.45, 2.75) is 50.7 Å². The molecule has 3 heteroatoms. The zero-order valence-electron chi connectivity index (χ0n) is 9.45. The number of hydrogen-bond acceptors (Lipinski definition) is 3. The number of aliphatic hydroxyl groups excluding tert-OH is 1. The molecule has 0 aromatic heterocycles. The molecule has 88 valence electrons. The quantitative estimate of drug-likeness (QED) is 0.742. The summed E-state index contributed by atoms with van der Waals surface area (Å²) in [6.45, 7) is 2.89. The van der Waals surface area contributed by atoms with Crippen molar-refractivity contribution < 1.29 is 9.84 Å². The van der Waals surface area contributed by atoms with Gasteiger partial charge in [0.2, 0.25) is 0 Å². The molecule has 1 aliphatic carbocycles. The molecule has 15 heavy (non-hydrogen) atoms. The van der Waals surface area contributed by atoms with Crippen LogP contribution >= 0.6 is 0 Å². The van der Waals surface area contributed by atoms with Crippen LogP contribution < -0.4 is 5.32 Å². The Labute approximate surface area is 92.2 Å². The fourth-order valence-corrected chi connectivity index (χ4v) is 2.62. The van der Waals surface area contributed by atoms with Crippen LogP contribution in [0.1, 0.15) is 38.5 Å². The molecule has 1 saturated heterocycles. The topological polar surface area (TPSA) is 41.5 Å². The monoisotopic (exact) mass is 213 g/mol. The summed E-state index contributed by atoms with van der Waals surface area (Å²) in [5.74, 6) is 0.757. The Morgan fingerprint density at radius 1 is 1.07 bits per heavy atom. The van der Waals surface area contributed by atoms with Gasteiger partial charge in [0.15, 0.2) is 0 Å². The molecule has 1 aliphatic heterocycles. The lowest BCUT2D eigenvalue weighted by Crippen LogP contribution is -2.44. The second-order valence-corrected chi connectivity index (χ2v) is 4.92. The van der Waals surface area contributed by atoms with Crippen molar-refractivity contribution in [2.75, 3.05) is 19.8 Å². The Morgan fingerprint density at radius 2 is 1.80 bits per heavy atom. The largest absolute Gasteiger partial charge is 0.392 e. The third kappa shape index (κ3) is 3.44. The third-order valence-corrected chi connectivity index (χ3v) is 3.74. The Bertz CT molecular complexity index is 180. The Morgan fingerprint density at radius 3 is 2.53 bits per heavy atom. The molecule has 0 amide bonds. The van der Waals surface area contributed by atoms with Gasteiger partial charge in [-0.3, -0.25) is 0 Å². The van der Waals surface area contributed by atoms with Crippen molar-refractivity contribution in [2.24, 2.45) is 5.92 Å². The first kappa shape index (κ1) is 11.4. The molecule has 0 spiro atoms. The van der Waals surface area contributed by atoms with E-state index in [1.807, 2.05) is 0 Å². The Kier molecular flexibility index (Phi) is 4.42. The lowest BCUT2D eigenvalue weighted by Gasteiger charge is -2.31. The van der Waals surface area contributed by atoms with Crippen molar-refractivity contribution in [3.63, 3.8) is 0 Å². The van der Waals surface area contributed by atoms with Crippen molar-refractivity contribution in [3.05, 3.63) is 0 Å². The number of nitrogens with one attached hydrogen (secondary N) is 1. The van der Waals surface area contributed by atoms with Crippen molar-refractivity contribution in [3.8, 4) is 0 Å². The highest BCUT2D eigenvalue weighted by Gasteiger charge is 2.23. The highest BCUT2D eigenvalue weighted by molar-refractivity contribution is 4.81. The molecular formula is C12H23NO2. The van der Waals surface area contributed by atoms with Crippen LogP contribution in [0, 0.1) is 5.92 Å². The molecule has 0 unspecified atom stereocenters. The van der Waals surface area contributed by atoms with Gasteiger partial charge in [-0.25, -0.2) is 0 Å². The van der Waals surface area contributed by atoms with Gasteiger partial charge in [0.1, 0.15) is 0 Å². The molecular weight excluding hydrogens is 190 g/mol. The second kappa shape index (κ2) is 5.83. The van der Waals surface area contributed by atoms with Crippen LogP contribution in [-0.2, 0) is 4.74 Å². The molecule has 3 nitrogen and oxygen atoms in total. The van der Waals surface area contributed by atoms with Gasteiger partial charge < -0.3 is 15.2 Å². The smallest absolute Gasteiger partial charge is 0.0693 e. The fraction of sp³-hybridized carbons (Fsp3) is 1.00. The maximum Gasteiger partial charge on any atom is 0.0693 e.